The lowest BCUT2D eigenvalue weighted by Crippen LogP contribution is -2.15. The van der Waals surface area contributed by atoms with Crippen LogP contribution < -0.4 is 5.32 Å². The third kappa shape index (κ3) is 3.91. The highest BCUT2D eigenvalue weighted by Crippen LogP contribution is 2.21. The Balaban J connectivity index is 1.65. The van der Waals surface area contributed by atoms with E-state index < -0.39 is 0 Å². The zero-order chi connectivity index (χ0) is 16.2. The lowest BCUT2D eigenvalue weighted by Gasteiger charge is -2.06. The number of halogens is 1. The molecule has 1 N–H and O–H groups in total. The summed E-state index contributed by atoms with van der Waals surface area (Å²) in [7, 11) is 1.79. The van der Waals surface area contributed by atoms with Crippen molar-refractivity contribution in [2.24, 2.45) is 7.05 Å². The standard InChI is InChI=1S/C14H13ClN6OS/c1-20-6-5-12(19-20)17-13(22)8-23-14-18-16-9-21(14)11-4-2-3-10(15)7-11/h2-7,9H,8H2,1H3,(H,17,19,22). The van der Waals surface area contributed by atoms with Crippen LogP contribution in [0.25, 0.3) is 5.69 Å². The predicted molar refractivity (Wildman–Crippen MR) is 88.9 cm³/mol. The Morgan fingerprint density at radius 1 is 1.39 bits per heavy atom. The van der Waals surface area contributed by atoms with Crippen LogP contribution in [0.3, 0.4) is 0 Å². The summed E-state index contributed by atoms with van der Waals surface area (Å²) in [6.45, 7) is 0. The van der Waals surface area contributed by atoms with Gasteiger partial charge in [0.25, 0.3) is 0 Å². The Labute approximate surface area is 141 Å². The molecule has 1 aromatic carbocycles. The van der Waals surface area contributed by atoms with E-state index in [-0.39, 0.29) is 11.7 Å². The molecule has 0 aliphatic heterocycles. The van der Waals surface area contributed by atoms with Gasteiger partial charge in [-0.1, -0.05) is 29.4 Å². The van der Waals surface area contributed by atoms with Crippen molar-refractivity contribution in [3.63, 3.8) is 0 Å². The van der Waals surface area contributed by atoms with Gasteiger partial charge in [0.15, 0.2) is 11.0 Å². The van der Waals surface area contributed by atoms with Gasteiger partial charge in [-0.05, 0) is 18.2 Å². The van der Waals surface area contributed by atoms with Gasteiger partial charge in [0.05, 0.1) is 11.4 Å². The van der Waals surface area contributed by atoms with Gasteiger partial charge >= 0.3 is 0 Å². The van der Waals surface area contributed by atoms with Gasteiger partial charge in [0.2, 0.25) is 5.91 Å². The fourth-order valence-electron chi connectivity index (χ4n) is 1.92. The number of nitrogens with one attached hydrogen (secondary N) is 1. The lowest BCUT2D eigenvalue weighted by atomic mass is 10.3. The van der Waals surface area contributed by atoms with Crippen LogP contribution in [0.4, 0.5) is 5.82 Å². The summed E-state index contributed by atoms with van der Waals surface area (Å²) in [6.07, 6.45) is 3.35. The largest absolute Gasteiger partial charge is 0.308 e. The molecule has 7 nitrogen and oxygen atoms in total. The normalized spacial score (nSPS) is 10.7. The monoisotopic (exact) mass is 348 g/mol. The molecule has 1 amide bonds. The van der Waals surface area contributed by atoms with E-state index in [4.69, 9.17) is 11.6 Å². The van der Waals surface area contributed by atoms with E-state index in [0.717, 1.165) is 5.69 Å². The average Bonchev–Trinajstić information content (AvgIpc) is 3.14. The Morgan fingerprint density at radius 2 is 2.26 bits per heavy atom. The van der Waals surface area contributed by atoms with E-state index in [2.05, 4.69) is 20.6 Å². The minimum atomic E-state index is -0.158. The minimum absolute atomic E-state index is 0.158. The SMILES string of the molecule is Cn1ccc(NC(=O)CSc2nncn2-c2cccc(Cl)c2)n1. The third-order valence-electron chi connectivity index (χ3n) is 2.92. The van der Waals surface area contributed by atoms with Crippen LogP contribution in [0.15, 0.2) is 48.0 Å². The third-order valence-corrected chi connectivity index (χ3v) is 4.09. The lowest BCUT2D eigenvalue weighted by molar-refractivity contribution is -0.113. The zero-order valence-electron chi connectivity index (χ0n) is 12.2. The van der Waals surface area contributed by atoms with Crippen molar-refractivity contribution in [2.45, 2.75) is 5.16 Å². The number of carbonyl (C=O) groups excluding carboxylic acids is 1. The van der Waals surface area contributed by atoms with Crippen molar-refractivity contribution in [1.82, 2.24) is 24.5 Å². The molecule has 118 valence electrons. The number of rotatable bonds is 5. The van der Waals surface area contributed by atoms with E-state index in [1.54, 1.807) is 41.0 Å². The Hall–Kier alpha value is -2.32. The summed E-state index contributed by atoms with van der Waals surface area (Å²) in [5.41, 5.74) is 0.843. The summed E-state index contributed by atoms with van der Waals surface area (Å²) < 4.78 is 3.41. The van der Waals surface area contributed by atoms with E-state index in [0.29, 0.717) is 16.0 Å². The van der Waals surface area contributed by atoms with E-state index in [9.17, 15) is 4.79 Å². The van der Waals surface area contributed by atoms with E-state index in [1.807, 2.05) is 18.2 Å². The molecule has 0 radical (unpaired) electrons. The fraction of sp³-hybridized carbons (Fsp3) is 0.143. The first-order valence-corrected chi connectivity index (χ1v) is 8.06. The number of anilines is 1. The van der Waals surface area contributed by atoms with Crippen LogP contribution in [-0.4, -0.2) is 36.2 Å². The second kappa shape index (κ2) is 6.84. The Morgan fingerprint density at radius 3 is 3.00 bits per heavy atom. The molecule has 0 unspecified atom stereocenters. The first-order valence-electron chi connectivity index (χ1n) is 6.70. The second-order valence-electron chi connectivity index (χ2n) is 4.67. The van der Waals surface area contributed by atoms with Gasteiger partial charge in [0.1, 0.15) is 6.33 Å². The van der Waals surface area contributed by atoms with Crippen molar-refractivity contribution in [3.05, 3.63) is 47.9 Å². The summed E-state index contributed by atoms with van der Waals surface area (Å²) in [4.78, 5) is 12.0. The topological polar surface area (TPSA) is 77.6 Å². The highest BCUT2D eigenvalue weighted by Gasteiger charge is 2.11. The molecule has 23 heavy (non-hydrogen) atoms. The van der Waals surface area contributed by atoms with Crippen LogP contribution in [0.5, 0.6) is 0 Å². The van der Waals surface area contributed by atoms with Crippen molar-refractivity contribution >= 4 is 35.1 Å². The molecule has 2 aromatic heterocycles. The maximum Gasteiger partial charge on any atom is 0.236 e. The summed E-state index contributed by atoms with van der Waals surface area (Å²) in [5.74, 6) is 0.569. The molecular weight excluding hydrogens is 336 g/mol. The highest BCUT2D eigenvalue weighted by molar-refractivity contribution is 7.99. The van der Waals surface area contributed by atoms with Crippen molar-refractivity contribution in [3.8, 4) is 5.69 Å². The number of carbonyl (C=O) groups is 1. The number of hydrogen-bond acceptors (Lipinski definition) is 5. The van der Waals surface area contributed by atoms with Gasteiger partial charge in [-0.15, -0.1) is 10.2 Å². The smallest absolute Gasteiger partial charge is 0.236 e. The van der Waals surface area contributed by atoms with Crippen LogP contribution in [-0.2, 0) is 11.8 Å². The first-order chi connectivity index (χ1) is 11.1. The van der Waals surface area contributed by atoms with Crippen molar-refractivity contribution < 1.29 is 4.79 Å². The quantitative estimate of drug-likeness (QED) is 0.716. The fourth-order valence-corrected chi connectivity index (χ4v) is 2.83. The highest BCUT2D eigenvalue weighted by atomic mass is 35.5. The number of aromatic nitrogens is 5. The second-order valence-corrected chi connectivity index (χ2v) is 6.05. The van der Waals surface area contributed by atoms with Crippen LogP contribution in [0.2, 0.25) is 5.02 Å². The number of hydrogen-bond donors (Lipinski definition) is 1. The number of thioether (sulfide) groups is 1. The van der Waals surface area contributed by atoms with Gasteiger partial charge in [-0.2, -0.15) is 5.10 Å². The van der Waals surface area contributed by atoms with Crippen molar-refractivity contribution in [2.75, 3.05) is 11.1 Å². The molecule has 2 heterocycles. The molecule has 0 saturated heterocycles. The van der Waals surface area contributed by atoms with Crippen molar-refractivity contribution in [1.29, 1.82) is 0 Å². The zero-order valence-corrected chi connectivity index (χ0v) is 13.8. The van der Waals surface area contributed by atoms with E-state index >= 15 is 0 Å². The Kier molecular flexibility index (Phi) is 4.63. The number of amides is 1. The van der Waals surface area contributed by atoms with Gasteiger partial charge in [-0.3, -0.25) is 14.0 Å². The molecule has 3 aromatic rings. The molecule has 3 rings (SSSR count). The molecule has 0 bridgehead atoms. The predicted octanol–water partition coefficient (Wildman–Crippen LogP) is 2.38. The van der Waals surface area contributed by atoms with Crippen LogP contribution in [0.1, 0.15) is 0 Å². The molecule has 0 saturated carbocycles. The van der Waals surface area contributed by atoms with Gasteiger partial charge in [0, 0.05) is 24.3 Å². The molecule has 9 heteroatoms. The molecule has 0 fully saturated rings. The summed E-state index contributed by atoms with van der Waals surface area (Å²) in [6, 6.07) is 9.08. The Bertz CT molecular complexity index is 830. The maximum absolute atomic E-state index is 12.0. The molecule has 0 aliphatic rings. The van der Waals surface area contributed by atoms with Gasteiger partial charge < -0.3 is 5.32 Å². The molecule has 0 spiro atoms. The maximum atomic E-state index is 12.0. The average molecular weight is 349 g/mol. The molecule has 0 atom stereocenters. The summed E-state index contributed by atoms with van der Waals surface area (Å²) in [5, 5.41) is 16.0. The summed E-state index contributed by atoms with van der Waals surface area (Å²) >= 11 is 7.29. The number of benzene rings is 1. The number of aryl methyl sites for hydroxylation is 1. The number of nitrogens with zero attached hydrogens (tertiary/aromatic N) is 5. The van der Waals surface area contributed by atoms with Crippen LogP contribution >= 0.6 is 23.4 Å². The minimum Gasteiger partial charge on any atom is -0.308 e. The first kappa shape index (κ1) is 15.6. The molecule has 0 aliphatic carbocycles. The van der Waals surface area contributed by atoms with Gasteiger partial charge in [-0.25, -0.2) is 0 Å². The molecular formula is C14H13ClN6OS. The van der Waals surface area contributed by atoms with E-state index in [1.165, 1.54) is 11.8 Å². The van der Waals surface area contributed by atoms with Crippen LogP contribution in [0, 0.1) is 0 Å².